The van der Waals surface area contributed by atoms with Crippen molar-refractivity contribution in [1.29, 1.82) is 5.26 Å². The number of nitriles is 1. The van der Waals surface area contributed by atoms with Crippen LogP contribution in [0.2, 0.25) is 0 Å². The molecule has 0 aliphatic carbocycles. The summed E-state index contributed by atoms with van der Waals surface area (Å²) in [5, 5.41) is 12.3. The predicted octanol–water partition coefficient (Wildman–Crippen LogP) is 1.78. The van der Waals surface area contributed by atoms with E-state index in [1.165, 1.54) is 0 Å². The number of piperazine rings is 1. The van der Waals surface area contributed by atoms with Gasteiger partial charge >= 0.3 is 0 Å². The molecule has 0 amide bonds. The molecule has 2 unspecified atom stereocenters. The molecule has 1 fully saturated rings. The van der Waals surface area contributed by atoms with Crippen molar-refractivity contribution in [3.05, 3.63) is 24.3 Å². The Hall–Kier alpha value is -1.73. The maximum atomic E-state index is 8.91. The van der Waals surface area contributed by atoms with Gasteiger partial charge in [-0.3, -0.25) is 0 Å². The van der Waals surface area contributed by atoms with E-state index in [1.54, 1.807) is 7.11 Å². The minimum absolute atomic E-state index is 0.250. The summed E-state index contributed by atoms with van der Waals surface area (Å²) in [6.45, 7) is 3.96. The number of nitrogens with one attached hydrogen (secondary N) is 1. The largest absolute Gasteiger partial charge is 0.497 e. The van der Waals surface area contributed by atoms with E-state index in [1.807, 2.05) is 12.1 Å². The molecule has 18 heavy (non-hydrogen) atoms. The van der Waals surface area contributed by atoms with E-state index in [2.05, 4.69) is 35.3 Å². The molecule has 0 radical (unpaired) electrons. The summed E-state index contributed by atoms with van der Waals surface area (Å²) >= 11 is 0. The lowest BCUT2D eigenvalue weighted by Crippen LogP contribution is -2.55. The highest BCUT2D eigenvalue weighted by Crippen LogP contribution is 2.23. The molecule has 1 N–H and O–H groups in total. The quantitative estimate of drug-likeness (QED) is 0.881. The zero-order chi connectivity index (χ0) is 13.0. The minimum atomic E-state index is 0.250. The lowest BCUT2D eigenvalue weighted by Gasteiger charge is -2.40. The molecule has 0 spiro atoms. The molecule has 96 valence electrons. The van der Waals surface area contributed by atoms with Crippen LogP contribution in [0, 0.1) is 11.3 Å². The lowest BCUT2D eigenvalue weighted by atomic mass is 10.1. The van der Waals surface area contributed by atoms with Gasteiger partial charge in [-0.1, -0.05) is 0 Å². The second-order valence-electron chi connectivity index (χ2n) is 4.68. The van der Waals surface area contributed by atoms with Gasteiger partial charge in [-0.05, 0) is 31.2 Å². The Kier molecular flexibility index (Phi) is 4.06. The summed E-state index contributed by atoms with van der Waals surface area (Å²) in [5.74, 6) is 0.860. The van der Waals surface area contributed by atoms with Gasteiger partial charge in [-0.25, -0.2) is 0 Å². The SMILES string of the molecule is COc1ccc(N2CC(C)NCC2CC#N)cc1. The second-order valence-corrected chi connectivity index (χ2v) is 4.68. The molecule has 1 aromatic carbocycles. The van der Waals surface area contributed by atoms with Crippen LogP contribution in [0.25, 0.3) is 0 Å². The van der Waals surface area contributed by atoms with Crippen molar-refractivity contribution in [2.45, 2.75) is 25.4 Å². The number of hydrogen-bond acceptors (Lipinski definition) is 4. The topological polar surface area (TPSA) is 48.3 Å². The Morgan fingerprint density at radius 3 is 2.78 bits per heavy atom. The van der Waals surface area contributed by atoms with Crippen LogP contribution < -0.4 is 15.0 Å². The molecule has 1 heterocycles. The normalized spacial score (nSPS) is 23.5. The van der Waals surface area contributed by atoms with E-state index < -0.39 is 0 Å². The van der Waals surface area contributed by atoms with Crippen LogP contribution in [0.15, 0.2) is 24.3 Å². The maximum absolute atomic E-state index is 8.91. The average molecular weight is 245 g/mol. The second kappa shape index (κ2) is 5.74. The molecule has 1 saturated heterocycles. The molecular formula is C14H19N3O. The molecule has 1 aliphatic rings. The van der Waals surface area contributed by atoms with Crippen molar-refractivity contribution in [2.75, 3.05) is 25.1 Å². The van der Waals surface area contributed by atoms with Crippen LogP contribution in [0.5, 0.6) is 5.75 Å². The van der Waals surface area contributed by atoms with E-state index in [0.29, 0.717) is 12.5 Å². The molecule has 1 aliphatic heterocycles. The third-order valence-corrected chi connectivity index (χ3v) is 3.34. The van der Waals surface area contributed by atoms with Gasteiger partial charge in [0, 0.05) is 24.8 Å². The summed E-state index contributed by atoms with van der Waals surface area (Å²) in [4.78, 5) is 2.31. The lowest BCUT2D eigenvalue weighted by molar-refractivity contribution is 0.409. The first-order valence-electron chi connectivity index (χ1n) is 6.25. The van der Waals surface area contributed by atoms with Gasteiger partial charge < -0.3 is 15.0 Å². The molecule has 0 saturated carbocycles. The number of benzene rings is 1. The molecular weight excluding hydrogens is 226 g/mol. The maximum Gasteiger partial charge on any atom is 0.119 e. The third-order valence-electron chi connectivity index (χ3n) is 3.34. The molecule has 4 nitrogen and oxygen atoms in total. The molecule has 1 aromatic rings. The zero-order valence-corrected chi connectivity index (χ0v) is 10.9. The number of methoxy groups -OCH3 is 1. The van der Waals surface area contributed by atoms with E-state index in [9.17, 15) is 0 Å². The van der Waals surface area contributed by atoms with Gasteiger partial charge in [-0.15, -0.1) is 0 Å². The van der Waals surface area contributed by atoms with Gasteiger partial charge in [0.25, 0.3) is 0 Å². The fourth-order valence-corrected chi connectivity index (χ4v) is 2.33. The van der Waals surface area contributed by atoms with Gasteiger partial charge in [-0.2, -0.15) is 5.26 Å². The summed E-state index contributed by atoms with van der Waals surface area (Å²) < 4.78 is 5.17. The number of nitrogens with zero attached hydrogens (tertiary/aromatic N) is 2. The van der Waals surface area contributed by atoms with Crippen molar-refractivity contribution < 1.29 is 4.74 Å². The predicted molar refractivity (Wildman–Crippen MR) is 71.8 cm³/mol. The summed E-state index contributed by atoms with van der Waals surface area (Å²) in [5.41, 5.74) is 1.16. The molecule has 0 aromatic heterocycles. The Morgan fingerprint density at radius 1 is 1.44 bits per heavy atom. The minimum Gasteiger partial charge on any atom is -0.497 e. The fourth-order valence-electron chi connectivity index (χ4n) is 2.33. The fraction of sp³-hybridized carbons (Fsp3) is 0.500. The van der Waals surface area contributed by atoms with Gasteiger partial charge in [0.2, 0.25) is 0 Å². The van der Waals surface area contributed by atoms with Gasteiger partial charge in [0.15, 0.2) is 0 Å². The Labute approximate surface area is 108 Å². The number of rotatable bonds is 3. The number of ether oxygens (including phenoxy) is 1. The monoisotopic (exact) mass is 245 g/mol. The molecule has 2 rings (SSSR count). The molecule has 2 atom stereocenters. The van der Waals surface area contributed by atoms with E-state index in [0.717, 1.165) is 24.5 Å². The van der Waals surface area contributed by atoms with Crippen molar-refractivity contribution in [3.63, 3.8) is 0 Å². The first kappa shape index (κ1) is 12.7. The average Bonchev–Trinajstić information content (AvgIpc) is 2.41. The van der Waals surface area contributed by atoms with Crippen LogP contribution in [-0.2, 0) is 0 Å². The summed E-state index contributed by atoms with van der Waals surface area (Å²) in [6.07, 6.45) is 0.547. The van der Waals surface area contributed by atoms with Crippen LogP contribution in [0.4, 0.5) is 5.69 Å². The van der Waals surface area contributed by atoms with Crippen LogP contribution in [0.1, 0.15) is 13.3 Å². The van der Waals surface area contributed by atoms with E-state index in [-0.39, 0.29) is 6.04 Å². The summed E-state index contributed by atoms with van der Waals surface area (Å²) in [6, 6.07) is 11.0. The standard InChI is InChI=1S/C14H19N3O/c1-11-10-17(13(7-8-15)9-16-11)12-3-5-14(18-2)6-4-12/h3-6,11,13,16H,7,9-10H2,1-2H3. The van der Waals surface area contributed by atoms with Gasteiger partial charge in [0.05, 0.1) is 25.6 Å². The van der Waals surface area contributed by atoms with E-state index >= 15 is 0 Å². The Morgan fingerprint density at radius 2 is 2.17 bits per heavy atom. The van der Waals surface area contributed by atoms with Crippen LogP contribution in [0.3, 0.4) is 0 Å². The zero-order valence-electron chi connectivity index (χ0n) is 10.9. The highest BCUT2D eigenvalue weighted by molar-refractivity contribution is 5.51. The first-order valence-corrected chi connectivity index (χ1v) is 6.25. The van der Waals surface area contributed by atoms with E-state index in [4.69, 9.17) is 10.00 Å². The van der Waals surface area contributed by atoms with Crippen LogP contribution >= 0.6 is 0 Å². The Balaban J connectivity index is 2.18. The molecule has 0 bridgehead atoms. The smallest absolute Gasteiger partial charge is 0.119 e. The Bertz CT molecular complexity index is 424. The van der Waals surface area contributed by atoms with Gasteiger partial charge in [0.1, 0.15) is 5.75 Å². The van der Waals surface area contributed by atoms with Crippen molar-refractivity contribution in [3.8, 4) is 11.8 Å². The van der Waals surface area contributed by atoms with Crippen LogP contribution in [-0.4, -0.2) is 32.3 Å². The number of hydrogen-bond donors (Lipinski definition) is 1. The van der Waals surface area contributed by atoms with Crippen molar-refractivity contribution in [1.82, 2.24) is 5.32 Å². The summed E-state index contributed by atoms with van der Waals surface area (Å²) in [7, 11) is 1.67. The number of anilines is 1. The third kappa shape index (κ3) is 2.74. The van der Waals surface area contributed by atoms with Crippen molar-refractivity contribution in [2.24, 2.45) is 0 Å². The highest BCUT2D eigenvalue weighted by atomic mass is 16.5. The van der Waals surface area contributed by atoms with Crippen molar-refractivity contribution >= 4 is 5.69 Å². The molecule has 4 heteroatoms. The first-order chi connectivity index (χ1) is 8.74. The highest BCUT2D eigenvalue weighted by Gasteiger charge is 2.25.